The van der Waals surface area contributed by atoms with E-state index in [0.717, 1.165) is 24.0 Å². The summed E-state index contributed by atoms with van der Waals surface area (Å²) in [6.45, 7) is 1.97. The summed E-state index contributed by atoms with van der Waals surface area (Å²) >= 11 is 0. The van der Waals surface area contributed by atoms with Crippen molar-refractivity contribution in [3.63, 3.8) is 0 Å². The molecule has 0 saturated heterocycles. The third-order valence-corrected chi connectivity index (χ3v) is 2.54. The first-order valence-corrected chi connectivity index (χ1v) is 5.86. The van der Waals surface area contributed by atoms with Crippen LogP contribution in [0.3, 0.4) is 0 Å². The molecule has 0 atom stereocenters. The quantitative estimate of drug-likeness (QED) is 0.468. The second-order valence-corrected chi connectivity index (χ2v) is 4.36. The summed E-state index contributed by atoms with van der Waals surface area (Å²) < 4.78 is 0. The summed E-state index contributed by atoms with van der Waals surface area (Å²) in [6.07, 6.45) is 3.41. The van der Waals surface area contributed by atoms with Gasteiger partial charge in [-0.2, -0.15) is 5.10 Å². The average molecular weight is 245 g/mol. The number of rotatable bonds is 3. The van der Waals surface area contributed by atoms with Gasteiger partial charge >= 0.3 is 11.8 Å². The van der Waals surface area contributed by atoms with Crippen LogP contribution in [0, 0.1) is 6.92 Å². The Kier molecular flexibility index (Phi) is 3.72. The minimum atomic E-state index is -0.731. The van der Waals surface area contributed by atoms with E-state index in [0.29, 0.717) is 0 Å². The van der Waals surface area contributed by atoms with Crippen molar-refractivity contribution in [2.24, 2.45) is 5.10 Å². The third-order valence-electron chi connectivity index (χ3n) is 2.54. The summed E-state index contributed by atoms with van der Waals surface area (Å²) in [4.78, 5) is 22.6. The van der Waals surface area contributed by atoms with E-state index in [4.69, 9.17) is 0 Å². The second kappa shape index (κ2) is 5.44. The largest absolute Gasteiger partial charge is 0.345 e. The summed E-state index contributed by atoms with van der Waals surface area (Å²) in [5.41, 5.74) is 4.18. The summed E-state index contributed by atoms with van der Waals surface area (Å²) in [5.74, 6) is -1.36. The molecule has 1 aliphatic rings. The number of nitrogens with one attached hydrogen (secondary N) is 2. The highest BCUT2D eigenvalue weighted by Crippen LogP contribution is 2.18. The number of carbonyl (C=O) groups is 2. The van der Waals surface area contributed by atoms with Crippen LogP contribution in [-0.4, -0.2) is 24.1 Å². The van der Waals surface area contributed by atoms with E-state index in [1.807, 2.05) is 31.2 Å². The van der Waals surface area contributed by atoms with Crippen LogP contribution < -0.4 is 10.7 Å². The average Bonchev–Trinajstić information content (AvgIpc) is 3.13. The maximum Gasteiger partial charge on any atom is 0.329 e. The lowest BCUT2D eigenvalue weighted by atomic mass is 10.2. The van der Waals surface area contributed by atoms with Gasteiger partial charge in [0.15, 0.2) is 0 Å². The summed E-state index contributed by atoms with van der Waals surface area (Å²) in [6, 6.07) is 7.84. The van der Waals surface area contributed by atoms with Crippen molar-refractivity contribution in [1.29, 1.82) is 0 Å². The first-order chi connectivity index (χ1) is 8.65. The summed E-state index contributed by atoms with van der Waals surface area (Å²) in [7, 11) is 0. The molecule has 1 aromatic rings. The fourth-order valence-corrected chi connectivity index (χ4v) is 1.45. The van der Waals surface area contributed by atoms with Crippen molar-refractivity contribution in [3.05, 3.63) is 35.4 Å². The van der Waals surface area contributed by atoms with Crippen LogP contribution in [0.5, 0.6) is 0 Å². The Morgan fingerprint density at radius 3 is 2.78 bits per heavy atom. The number of hydrogen-bond donors (Lipinski definition) is 2. The van der Waals surface area contributed by atoms with Crippen LogP contribution in [0.4, 0.5) is 0 Å². The van der Waals surface area contributed by atoms with E-state index in [2.05, 4.69) is 15.8 Å². The Bertz CT molecular complexity index is 493. The van der Waals surface area contributed by atoms with Crippen LogP contribution in [0.2, 0.25) is 0 Å². The van der Waals surface area contributed by atoms with Crippen LogP contribution in [0.15, 0.2) is 29.4 Å². The van der Waals surface area contributed by atoms with Crippen molar-refractivity contribution in [2.45, 2.75) is 25.8 Å². The van der Waals surface area contributed by atoms with Gasteiger partial charge in [0.25, 0.3) is 0 Å². The maximum absolute atomic E-state index is 11.3. The van der Waals surface area contributed by atoms with Gasteiger partial charge in [-0.3, -0.25) is 9.59 Å². The van der Waals surface area contributed by atoms with Crippen LogP contribution >= 0.6 is 0 Å². The molecule has 0 aliphatic heterocycles. The topological polar surface area (TPSA) is 70.6 Å². The first kappa shape index (κ1) is 12.3. The molecule has 5 nitrogen and oxygen atoms in total. The number of aryl methyl sites for hydroxylation is 1. The molecule has 0 aromatic heterocycles. The van der Waals surface area contributed by atoms with Gasteiger partial charge in [-0.25, -0.2) is 5.43 Å². The molecule has 0 heterocycles. The molecule has 1 fully saturated rings. The van der Waals surface area contributed by atoms with Crippen molar-refractivity contribution >= 4 is 18.0 Å². The van der Waals surface area contributed by atoms with E-state index in [-0.39, 0.29) is 6.04 Å². The van der Waals surface area contributed by atoms with Gasteiger partial charge in [0, 0.05) is 6.04 Å². The van der Waals surface area contributed by atoms with Gasteiger partial charge in [-0.15, -0.1) is 0 Å². The number of hydrogen-bond acceptors (Lipinski definition) is 3. The number of amides is 2. The normalized spacial score (nSPS) is 14.5. The Labute approximate surface area is 105 Å². The maximum atomic E-state index is 11.3. The summed E-state index contributed by atoms with van der Waals surface area (Å²) in [5, 5.41) is 6.33. The van der Waals surface area contributed by atoms with Gasteiger partial charge in [-0.05, 0) is 25.3 Å². The Morgan fingerprint density at radius 2 is 2.11 bits per heavy atom. The lowest BCUT2D eigenvalue weighted by Crippen LogP contribution is -2.38. The zero-order chi connectivity index (χ0) is 13.0. The van der Waals surface area contributed by atoms with Gasteiger partial charge < -0.3 is 5.32 Å². The smallest absolute Gasteiger partial charge is 0.329 e. The van der Waals surface area contributed by atoms with E-state index in [9.17, 15) is 9.59 Å². The molecule has 5 heteroatoms. The fraction of sp³-hybridized carbons (Fsp3) is 0.308. The zero-order valence-corrected chi connectivity index (χ0v) is 10.1. The highest BCUT2D eigenvalue weighted by atomic mass is 16.2. The molecule has 0 spiro atoms. The van der Waals surface area contributed by atoms with Crippen molar-refractivity contribution in [2.75, 3.05) is 0 Å². The number of hydrazone groups is 1. The molecule has 0 bridgehead atoms. The van der Waals surface area contributed by atoms with E-state index >= 15 is 0 Å². The molecule has 2 N–H and O–H groups in total. The zero-order valence-electron chi connectivity index (χ0n) is 10.1. The number of benzene rings is 1. The molecule has 2 rings (SSSR count). The van der Waals surface area contributed by atoms with Crippen LogP contribution in [0.25, 0.3) is 0 Å². The van der Waals surface area contributed by atoms with Crippen molar-refractivity contribution < 1.29 is 9.59 Å². The van der Waals surface area contributed by atoms with Gasteiger partial charge in [-0.1, -0.05) is 29.8 Å². The molecule has 18 heavy (non-hydrogen) atoms. The molecular formula is C13H15N3O2. The second-order valence-electron chi connectivity index (χ2n) is 4.36. The van der Waals surface area contributed by atoms with Crippen LogP contribution in [0.1, 0.15) is 24.0 Å². The minimum Gasteiger partial charge on any atom is -0.345 e. The van der Waals surface area contributed by atoms with Crippen molar-refractivity contribution in [3.8, 4) is 0 Å². The first-order valence-electron chi connectivity index (χ1n) is 5.86. The Hall–Kier alpha value is -2.17. The number of nitrogens with zero attached hydrogens (tertiary/aromatic N) is 1. The van der Waals surface area contributed by atoms with Crippen molar-refractivity contribution in [1.82, 2.24) is 10.7 Å². The highest BCUT2D eigenvalue weighted by molar-refractivity contribution is 6.35. The standard InChI is InChI=1S/C13H15N3O2/c1-9-3-2-4-10(7-9)8-14-16-13(18)12(17)15-11-5-6-11/h2-4,7-8,11H,5-6H2,1H3,(H,15,17)(H,16,18)/b14-8-. The molecule has 0 unspecified atom stereocenters. The molecule has 1 aliphatic carbocycles. The predicted molar refractivity (Wildman–Crippen MR) is 68.1 cm³/mol. The lowest BCUT2D eigenvalue weighted by Gasteiger charge is -2.00. The number of carbonyl (C=O) groups excluding carboxylic acids is 2. The van der Waals surface area contributed by atoms with E-state index in [1.165, 1.54) is 6.21 Å². The van der Waals surface area contributed by atoms with Gasteiger partial charge in [0.2, 0.25) is 0 Å². The molecule has 2 amide bonds. The Balaban J connectivity index is 1.82. The third kappa shape index (κ3) is 3.69. The molecule has 0 radical (unpaired) electrons. The van der Waals surface area contributed by atoms with Crippen LogP contribution in [-0.2, 0) is 9.59 Å². The van der Waals surface area contributed by atoms with E-state index < -0.39 is 11.8 Å². The molecule has 1 saturated carbocycles. The highest BCUT2D eigenvalue weighted by Gasteiger charge is 2.26. The van der Waals surface area contributed by atoms with Gasteiger partial charge in [0.05, 0.1) is 6.21 Å². The van der Waals surface area contributed by atoms with E-state index in [1.54, 1.807) is 0 Å². The molecular weight excluding hydrogens is 230 g/mol. The monoisotopic (exact) mass is 245 g/mol. The molecule has 1 aromatic carbocycles. The Morgan fingerprint density at radius 1 is 1.33 bits per heavy atom. The van der Waals surface area contributed by atoms with Gasteiger partial charge in [0.1, 0.15) is 0 Å². The predicted octanol–water partition coefficient (Wildman–Crippen LogP) is 0.724. The molecule has 94 valence electrons. The SMILES string of the molecule is Cc1cccc(/C=N\NC(=O)C(=O)NC2CC2)c1. The minimum absolute atomic E-state index is 0.170. The fourth-order valence-electron chi connectivity index (χ4n) is 1.45. The lowest BCUT2D eigenvalue weighted by molar-refractivity contribution is -0.139.